The van der Waals surface area contributed by atoms with Gasteiger partial charge in [-0.1, -0.05) is 18.2 Å². The van der Waals surface area contributed by atoms with Crippen molar-refractivity contribution < 1.29 is 13.2 Å². The van der Waals surface area contributed by atoms with Crippen molar-refractivity contribution in [2.45, 2.75) is 18.4 Å². The summed E-state index contributed by atoms with van der Waals surface area (Å²) in [5, 5.41) is 4.88. The first-order chi connectivity index (χ1) is 14.9. The Kier molecular flexibility index (Phi) is 5.16. The van der Waals surface area contributed by atoms with Crippen LogP contribution in [0.3, 0.4) is 0 Å². The van der Waals surface area contributed by atoms with Crippen molar-refractivity contribution in [2.75, 3.05) is 43.8 Å². The lowest BCUT2D eigenvalue weighted by molar-refractivity contribution is 0.218. The number of aromatic amines is 1. The molecule has 3 N–H and O–H groups in total. The van der Waals surface area contributed by atoms with Gasteiger partial charge in [-0.3, -0.25) is 9.62 Å². The van der Waals surface area contributed by atoms with Crippen LogP contribution >= 0.6 is 0 Å². The summed E-state index contributed by atoms with van der Waals surface area (Å²) < 4.78 is 31.8. The Morgan fingerprint density at radius 2 is 2.03 bits per heavy atom. The highest BCUT2D eigenvalue weighted by molar-refractivity contribution is 7.92. The molecule has 1 atom stereocenters. The molecule has 7 nitrogen and oxygen atoms in total. The number of sulfonamides is 1. The first-order valence-corrected chi connectivity index (χ1v) is 12.6. The topological polar surface area (TPSA) is 86.5 Å². The van der Waals surface area contributed by atoms with Crippen molar-refractivity contribution in [1.82, 2.24) is 15.2 Å². The minimum atomic E-state index is -3.30. The van der Waals surface area contributed by atoms with Crippen molar-refractivity contribution in [3.8, 4) is 5.75 Å². The zero-order valence-electron chi connectivity index (χ0n) is 17.6. The van der Waals surface area contributed by atoms with Crippen LogP contribution in [0.15, 0.2) is 48.5 Å². The lowest BCUT2D eigenvalue weighted by atomic mass is 9.86. The molecule has 1 saturated heterocycles. The fourth-order valence-electron chi connectivity index (χ4n) is 4.95. The number of anilines is 1. The molecule has 1 aromatic heterocycles. The number of hydrogen-bond acceptors (Lipinski definition) is 5. The van der Waals surface area contributed by atoms with Crippen LogP contribution in [0.5, 0.6) is 5.75 Å². The molecule has 0 aliphatic carbocycles. The maximum absolute atomic E-state index is 11.6. The predicted molar refractivity (Wildman–Crippen MR) is 123 cm³/mol. The van der Waals surface area contributed by atoms with Crippen molar-refractivity contribution >= 4 is 26.6 Å². The maximum Gasteiger partial charge on any atom is 0.229 e. The van der Waals surface area contributed by atoms with Crippen molar-refractivity contribution in [1.29, 1.82) is 0 Å². The van der Waals surface area contributed by atoms with E-state index in [1.807, 2.05) is 48.5 Å². The third-order valence-corrected chi connectivity index (χ3v) is 6.90. The second-order valence-electron chi connectivity index (χ2n) is 8.56. The fraction of sp³-hybridized carbons (Fsp3) is 0.391. The Hall–Kier alpha value is -2.55. The molecule has 1 unspecified atom stereocenters. The van der Waals surface area contributed by atoms with Gasteiger partial charge in [0.05, 0.1) is 11.8 Å². The molecule has 0 bridgehead atoms. The van der Waals surface area contributed by atoms with Crippen LogP contribution in [0, 0.1) is 0 Å². The van der Waals surface area contributed by atoms with Crippen LogP contribution in [-0.2, 0) is 22.0 Å². The van der Waals surface area contributed by atoms with Crippen molar-refractivity contribution in [3.63, 3.8) is 0 Å². The minimum absolute atomic E-state index is 0.0935. The van der Waals surface area contributed by atoms with Gasteiger partial charge in [0.1, 0.15) is 12.4 Å². The Morgan fingerprint density at radius 1 is 1.19 bits per heavy atom. The number of hydrogen-bond donors (Lipinski definition) is 3. The summed E-state index contributed by atoms with van der Waals surface area (Å²) in [4.78, 5) is 6.10. The molecule has 0 amide bonds. The van der Waals surface area contributed by atoms with E-state index in [1.165, 1.54) is 17.5 Å². The molecule has 2 aliphatic heterocycles. The molecule has 8 heteroatoms. The number of aromatic nitrogens is 1. The van der Waals surface area contributed by atoms with Gasteiger partial charge in [-0.05, 0) is 48.7 Å². The summed E-state index contributed by atoms with van der Waals surface area (Å²) in [6.45, 7) is 4.41. The van der Waals surface area contributed by atoms with E-state index >= 15 is 0 Å². The smallest absolute Gasteiger partial charge is 0.229 e. The standard InChI is InChI=1S/C23H28N4O3S/c1-31(28,29)26-17-7-8-21-20(15-17)19-9-11-24-23(22(19)25-21)10-12-27(16-23)13-14-30-18-5-3-2-4-6-18/h2-8,15,24-26H,9-14,16H2,1H3. The number of ether oxygens (including phenoxy) is 1. The van der Waals surface area contributed by atoms with Crippen LogP contribution in [0.1, 0.15) is 17.7 Å². The third-order valence-electron chi connectivity index (χ3n) is 6.29. The van der Waals surface area contributed by atoms with Gasteiger partial charge >= 0.3 is 0 Å². The molecule has 1 spiro atoms. The number of H-pyrrole nitrogens is 1. The van der Waals surface area contributed by atoms with Crippen LogP contribution in [0.4, 0.5) is 5.69 Å². The number of likely N-dealkylation sites (tertiary alicyclic amines) is 1. The molecular formula is C23H28N4O3S. The molecule has 164 valence electrons. The first kappa shape index (κ1) is 20.4. The van der Waals surface area contributed by atoms with E-state index in [4.69, 9.17) is 4.74 Å². The van der Waals surface area contributed by atoms with Gasteiger partial charge in [0.25, 0.3) is 0 Å². The van der Waals surface area contributed by atoms with Crippen LogP contribution in [-0.4, -0.2) is 57.3 Å². The lowest BCUT2D eigenvalue weighted by Gasteiger charge is -2.35. The molecule has 2 aliphatic rings. The number of fused-ring (bicyclic) bond motifs is 4. The highest BCUT2D eigenvalue weighted by atomic mass is 32.2. The molecule has 5 rings (SSSR count). The van der Waals surface area contributed by atoms with Crippen LogP contribution in [0.25, 0.3) is 10.9 Å². The molecular weight excluding hydrogens is 412 g/mol. The van der Waals surface area contributed by atoms with Crippen molar-refractivity contribution in [3.05, 3.63) is 59.8 Å². The Balaban J connectivity index is 1.34. The van der Waals surface area contributed by atoms with Gasteiger partial charge in [0, 0.05) is 48.5 Å². The number of para-hydroxylation sites is 1. The quantitative estimate of drug-likeness (QED) is 0.549. The zero-order chi connectivity index (χ0) is 21.5. The first-order valence-electron chi connectivity index (χ1n) is 10.7. The van der Waals surface area contributed by atoms with E-state index in [1.54, 1.807) is 0 Å². The average molecular weight is 441 g/mol. The van der Waals surface area contributed by atoms with E-state index in [0.717, 1.165) is 55.7 Å². The number of rotatable bonds is 6. The molecule has 3 aromatic rings. The molecule has 0 radical (unpaired) electrons. The lowest BCUT2D eigenvalue weighted by Crippen LogP contribution is -2.49. The normalized spacial score (nSPS) is 21.5. The Bertz CT molecular complexity index is 1190. The molecule has 31 heavy (non-hydrogen) atoms. The maximum atomic E-state index is 11.6. The van der Waals surface area contributed by atoms with Gasteiger partial charge in [-0.25, -0.2) is 8.42 Å². The van der Waals surface area contributed by atoms with E-state index < -0.39 is 10.0 Å². The van der Waals surface area contributed by atoms with Gasteiger partial charge in [-0.2, -0.15) is 0 Å². The van der Waals surface area contributed by atoms with Gasteiger partial charge in [0.15, 0.2) is 0 Å². The monoisotopic (exact) mass is 440 g/mol. The number of benzene rings is 2. The second-order valence-corrected chi connectivity index (χ2v) is 10.3. The van der Waals surface area contributed by atoms with E-state index in [2.05, 4.69) is 19.9 Å². The van der Waals surface area contributed by atoms with Gasteiger partial charge < -0.3 is 15.0 Å². The number of nitrogens with zero attached hydrogens (tertiary/aromatic N) is 1. The second kappa shape index (κ2) is 7.85. The highest BCUT2D eigenvalue weighted by Crippen LogP contribution is 2.40. The summed E-state index contributed by atoms with van der Waals surface area (Å²) in [6, 6.07) is 15.7. The van der Waals surface area contributed by atoms with E-state index in [9.17, 15) is 8.42 Å². The SMILES string of the molecule is CS(=O)(=O)Nc1ccc2[nH]c3c(c2c1)CCNC31CCN(CCOc2ccccc2)C1. The Morgan fingerprint density at radius 3 is 2.84 bits per heavy atom. The van der Waals surface area contributed by atoms with E-state index in [-0.39, 0.29) is 5.54 Å². The van der Waals surface area contributed by atoms with Gasteiger partial charge in [-0.15, -0.1) is 0 Å². The third kappa shape index (κ3) is 4.15. The average Bonchev–Trinajstić information content (AvgIpc) is 3.31. The molecule has 0 saturated carbocycles. The molecule has 3 heterocycles. The van der Waals surface area contributed by atoms with Crippen LogP contribution in [0.2, 0.25) is 0 Å². The summed E-state index contributed by atoms with van der Waals surface area (Å²) in [5.41, 5.74) is 4.11. The predicted octanol–water partition coefficient (Wildman–Crippen LogP) is 2.67. The number of nitrogens with one attached hydrogen (secondary N) is 3. The highest BCUT2D eigenvalue weighted by Gasteiger charge is 2.43. The van der Waals surface area contributed by atoms with E-state index in [0.29, 0.717) is 12.3 Å². The summed E-state index contributed by atoms with van der Waals surface area (Å²) in [7, 11) is -3.30. The zero-order valence-corrected chi connectivity index (χ0v) is 18.5. The Labute approximate surface area is 182 Å². The largest absolute Gasteiger partial charge is 0.492 e. The van der Waals surface area contributed by atoms with Crippen molar-refractivity contribution in [2.24, 2.45) is 0 Å². The summed E-state index contributed by atoms with van der Waals surface area (Å²) in [6.07, 6.45) is 3.14. The van der Waals surface area contributed by atoms with Gasteiger partial charge in [0.2, 0.25) is 10.0 Å². The van der Waals surface area contributed by atoms with Crippen LogP contribution < -0.4 is 14.8 Å². The molecule has 2 aromatic carbocycles. The summed E-state index contributed by atoms with van der Waals surface area (Å²) in [5.74, 6) is 0.906. The molecule has 1 fully saturated rings. The summed E-state index contributed by atoms with van der Waals surface area (Å²) >= 11 is 0. The minimum Gasteiger partial charge on any atom is -0.492 e. The fourth-order valence-corrected chi connectivity index (χ4v) is 5.50.